The third kappa shape index (κ3) is 1.91. The number of anilines is 1. The fourth-order valence-electron chi connectivity index (χ4n) is 0.693. The molecule has 1 aromatic rings. The summed E-state index contributed by atoms with van der Waals surface area (Å²) in [5.74, 6) is -0.410. The van der Waals surface area contributed by atoms with Gasteiger partial charge in [-0.1, -0.05) is 0 Å². The van der Waals surface area contributed by atoms with Crippen molar-refractivity contribution in [3.05, 3.63) is 18.0 Å². The maximum atomic E-state index is 11.0. The number of carbonyl (C=O) groups is 1. The maximum absolute atomic E-state index is 11.0. The van der Waals surface area contributed by atoms with Crippen molar-refractivity contribution in [1.82, 2.24) is 9.97 Å². The SMILES string of the molecule is CCOC(=O)c1ccnc(N)n1. The van der Waals surface area contributed by atoms with Gasteiger partial charge in [0.2, 0.25) is 5.95 Å². The molecular weight excluding hydrogens is 158 g/mol. The van der Waals surface area contributed by atoms with Crippen molar-refractivity contribution < 1.29 is 9.53 Å². The van der Waals surface area contributed by atoms with Gasteiger partial charge < -0.3 is 10.5 Å². The minimum atomic E-state index is -0.480. The van der Waals surface area contributed by atoms with E-state index < -0.39 is 5.97 Å². The number of carbonyl (C=O) groups excluding carboxylic acids is 1. The standard InChI is InChI=1S/C7H9N3O2/c1-2-12-6(11)5-3-4-9-7(8)10-5/h3-4H,2H2,1H3,(H2,8,9,10). The van der Waals surface area contributed by atoms with E-state index in [-0.39, 0.29) is 11.6 Å². The molecule has 0 aliphatic heterocycles. The minimum Gasteiger partial charge on any atom is -0.461 e. The molecule has 1 rings (SSSR count). The van der Waals surface area contributed by atoms with Gasteiger partial charge >= 0.3 is 5.97 Å². The summed E-state index contributed by atoms with van der Waals surface area (Å²) in [6, 6.07) is 1.45. The van der Waals surface area contributed by atoms with E-state index in [2.05, 4.69) is 9.97 Å². The summed E-state index contributed by atoms with van der Waals surface area (Å²) in [5, 5.41) is 0. The molecule has 0 saturated carbocycles. The number of nitrogens with zero attached hydrogens (tertiary/aromatic N) is 2. The van der Waals surface area contributed by atoms with E-state index in [0.29, 0.717) is 6.61 Å². The number of aromatic nitrogens is 2. The summed E-state index contributed by atoms with van der Waals surface area (Å²) in [6.45, 7) is 2.05. The van der Waals surface area contributed by atoms with Crippen molar-refractivity contribution in [1.29, 1.82) is 0 Å². The van der Waals surface area contributed by atoms with Crippen molar-refractivity contribution in [2.45, 2.75) is 6.92 Å². The number of hydrogen-bond donors (Lipinski definition) is 1. The normalized spacial score (nSPS) is 9.42. The van der Waals surface area contributed by atoms with Crippen LogP contribution < -0.4 is 5.73 Å². The molecular formula is C7H9N3O2. The molecule has 0 radical (unpaired) electrons. The fourth-order valence-corrected chi connectivity index (χ4v) is 0.693. The molecule has 1 heterocycles. The van der Waals surface area contributed by atoms with Crippen molar-refractivity contribution in [2.75, 3.05) is 12.3 Å². The Labute approximate surface area is 69.6 Å². The third-order valence-electron chi connectivity index (χ3n) is 1.16. The number of nitrogens with two attached hydrogens (primary N) is 1. The third-order valence-corrected chi connectivity index (χ3v) is 1.16. The van der Waals surface area contributed by atoms with E-state index in [1.54, 1.807) is 6.92 Å². The van der Waals surface area contributed by atoms with Gasteiger partial charge in [0.05, 0.1) is 6.61 Å². The molecule has 5 heteroatoms. The topological polar surface area (TPSA) is 78.1 Å². The number of nitrogen functional groups attached to an aromatic ring is 1. The van der Waals surface area contributed by atoms with E-state index in [1.807, 2.05) is 0 Å². The van der Waals surface area contributed by atoms with Crippen LogP contribution in [0.4, 0.5) is 5.95 Å². The Balaban J connectivity index is 2.81. The van der Waals surface area contributed by atoms with Gasteiger partial charge in [-0.25, -0.2) is 14.8 Å². The van der Waals surface area contributed by atoms with Crippen LogP contribution in [0.15, 0.2) is 12.3 Å². The highest BCUT2D eigenvalue weighted by Gasteiger charge is 2.07. The highest BCUT2D eigenvalue weighted by molar-refractivity contribution is 5.87. The number of rotatable bonds is 2. The number of hydrogen-bond acceptors (Lipinski definition) is 5. The average Bonchev–Trinajstić information content (AvgIpc) is 2.05. The van der Waals surface area contributed by atoms with E-state index in [9.17, 15) is 4.79 Å². The minimum absolute atomic E-state index is 0.0700. The lowest BCUT2D eigenvalue weighted by Gasteiger charge is -1.99. The van der Waals surface area contributed by atoms with Crippen LogP contribution in [0.1, 0.15) is 17.4 Å². The fraction of sp³-hybridized carbons (Fsp3) is 0.286. The quantitative estimate of drug-likeness (QED) is 0.638. The van der Waals surface area contributed by atoms with Crippen LogP contribution in [0.5, 0.6) is 0 Å². The zero-order valence-electron chi connectivity index (χ0n) is 6.65. The molecule has 0 saturated heterocycles. The second kappa shape index (κ2) is 3.66. The van der Waals surface area contributed by atoms with E-state index in [1.165, 1.54) is 12.3 Å². The predicted molar refractivity (Wildman–Crippen MR) is 42.4 cm³/mol. The van der Waals surface area contributed by atoms with Crippen LogP contribution in [0, 0.1) is 0 Å². The Bertz CT molecular complexity index is 288. The summed E-state index contributed by atoms with van der Waals surface area (Å²) in [5.41, 5.74) is 5.45. The van der Waals surface area contributed by atoms with E-state index in [0.717, 1.165) is 0 Å². The van der Waals surface area contributed by atoms with Crippen LogP contribution in [-0.2, 0) is 4.74 Å². The van der Waals surface area contributed by atoms with Crippen LogP contribution in [0.25, 0.3) is 0 Å². The van der Waals surface area contributed by atoms with Crippen LogP contribution >= 0.6 is 0 Å². The van der Waals surface area contributed by atoms with Crippen LogP contribution in [0.3, 0.4) is 0 Å². The zero-order chi connectivity index (χ0) is 8.97. The van der Waals surface area contributed by atoms with E-state index in [4.69, 9.17) is 10.5 Å². The Morgan fingerprint density at radius 3 is 3.08 bits per heavy atom. The average molecular weight is 167 g/mol. The van der Waals surface area contributed by atoms with Crippen molar-refractivity contribution in [3.63, 3.8) is 0 Å². The molecule has 0 atom stereocenters. The number of ether oxygens (including phenoxy) is 1. The first-order chi connectivity index (χ1) is 5.74. The molecule has 1 aromatic heterocycles. The van der Waals surface area contributed by atoms with Crippen LogP contribution in [-0.4, -0.2) is 22.5 Å². The monoisotopic (exact) mass is 167 g/mol. The van der Waals surface area contributed by atoms with Gasteiger partial charge in [-0.2, -0.15) is 0 Å². The zero-order valence-corrected chi connectivity index (χ0v) is 6.65. The maximum Gasteiger partial charge on any atom is 0.357 e. The highest BCUT2D eigenvalue weighted by Crippen LogP contribution is 1.98. The second-order valence-corrected chi connectivity index (χ2v) is 2.02. The molecule has 2 N–H and O–H groups in total. The van der Waals surface area contributed by atoms with Crippen molar-refractivity contribution >= 4 is 11.9 Å². The first-order valence-electron chi connectivity index (χ1n) is 3.49. The molecule has 0 aromatic carbocycles. The molecule has 64 valence electrons. The summed E-state index contributed by atoms with van der Waals surface area (Å²) in [6.07, 6.45) is 1.41. The molecule has 0 amide bonds. The smallest absolute Gasteiger partial charge is 0.357 e. The first kappa shape index (κ1) is 8.45. The Morgan fingerprint density at radius 2 is 2.50 bits per heavy atom. The van der Waals surface area contributed by atoms with Crippen molar-refractivity contribution in [3.8, 4) is 0 Å². The largest absolute Gasteiger partial charge is 0.461 e. The highest BCUT2D eigenvalue weighted by atomic mass is 16.5. The molecule has 5 nitrogen and oxygen atoms in total. The van der Waals surface area contributed by atoms with Gasteiger partial charge in [-0.05, 0) is 13.0 Å². The Kier molecular flexibility index (Phi) is 2.57. The lowest BCUT2D eigenvalue weighted by atomic mass is 10.4. The van der Waals surface area contributed by atoms with Gasteiger partial charge in [-0.15, -0.1) is 0 Å². The summed E-state index contributed by atoms with van der Waals surface area (Å²) in [7, 11) is 0. The Morgan fingerprint density at radius 1 is 1.75 bits per heavy atom. The molecule has 0 unspecified atom stereocenters. The molecule has 12 heavy (non-hydrogen) atoms. The first-order valence-corrected chi connectivity index (χ1v) is 3.49. The molecule has 0 aliphatic rings. The van der Waals surface area contributed by atoms with Gasteiger partial charge in [0, 0.05) is 6.20 Å². The summed E-state index contributed by atoms with van der Waals surface area (Å²) < 4.78 is 4.70. The van der Waals surface area contributed by atoms with Crippen LogP contribution in [0.2, 0.25) is 0 Å². The van der Waals surface area contributed by atoms with Gasteiger partial charge in [0.15, 0.2) is 5.69 Å². The molecule has 0 aliphatic carbocycles. The molecule has 0 fully saturated rings. The number of esters is 1. The molecule has 0 spiro atoms. The summed E-state index contributed by atoms with van der Waals surface area (Å²) in [4.78, 5) is 18.4. The Hall–Kier alpha value is -1.65. The summed E-state index contributed by atoms with van der Waals surface area (Å²) >= 11 is 0. The molecule has 0 bridgehead atoms. The van der Waals surface area contributed by atoms with Gasteiger partial charge in [0.1, 0.15) is 0 Å². The second-order valence-electron chi connectivity index (χ2n) is 2.02. The van der Waals surface area contributed by atoms with Gasteiger partial charge in [0.25, 0.3) is 0 Å². The van der Waals surface area contributed by atoms with Gasteiger partial charge in [-0.3, -0.25) is 0 Å². The predicted octanol–water partition coefficient (Wildman–Crippen LogP) is 0.235. The van der Waals surface area contributed by atoms with Crippen molar-refractivity contribution in [2.24, 2.45) is 0 Å². The van der Waals surface area contributed by atoms with E-state index >= 15 is 0 Å². The lowest BCUT2D eigenvalue weighted by Crippen LogP contribution is -2.08. The lowest BCUT2D eigenvalue weighted by molar-refractivity contribution is 0.0519.